The maximum absolute atomic E-state index is 14.5. The predicted molar refractivity (Wildman–Crippen MR) is 348 cm³/mol. The molecule has 9 rings (SSSR count). The number of aliphatic hydroxyl groups excluding tert-OH is 1. The number of methoxy groups -OCH3 is 1. The van der Waals surface area contributed by atoms with Gasteiger partial charge < -0.3 is 71.0 Å². The number of benzene rings is 5. The van der Waals surface area contributed by atoms with Gasteiger partial charge in [0, 0.05) is 44.5 Å². The second-order valence-corrected chi connectivity index (χ2v) is 30.4. The van der Waals surface area contributed by atoms with E-state index in [4.69, 9.17) is 61.0 Å². The molecule has 95 heavy (non-hydrogen) atoms. The van der Waals surface area contributed by atoms with Crippen LogP contribution in [0.3, 0.4) is 0 Å². The molecule has 4 saturated heterocycles. The molecule has 4 fully saturated rings. The summed E-state index contributed by atoms with van der Waals surface area (Å²) in [7, 11) is -2.31. The number of aliphatic hydroxyl groups is 1. The lowest BCUT2D eigenvalue weighted by Crippen LogP contribution is -2.72. The first-order chi connectivity index (χ1) is 46.0. The zero-order valence-electron chi connectivity index (χ0n) is 54.6. The molecule has 4 aliphatic rings. The highest BCUT2D eigenvalue weighted by Gasteiger charge is 2.66. The Morgan fingerprint density at radius 3 is 1.58 bits per heavy atom. The first kappa shape index (κ1) is 71.8. The quantitative estimate of drug-likeness (QED) is 0.0116. The van der Waals surface area contributed by atoms with Gasteiger partial charge in [-0.05, 0) is 63.7 Å². The summed E-state index contributed by atoms with van der Waals surface area (Å²) in [4.78, 5) is 39.4. The second kappa shape index (κ2) is 34.4. The summed E-state index contributed by atoms with van der Waals surface area (Å²) in [6.07, 6.45) is -14.9. The average molecular weight is 1330 g/mol. The molecule has 4 aliphatic heterocycles. The van der Waals surface area contributed by atoms with E-state index in [1.54, 1.807) is 4.90 Å². The number of nitrogens with zero attached hydrogens (tertiary/aromatic N) is 10. The van der Waals surface area contributed by atoms with Gasteiger partial charge in [-0.3, -0.25) is 0 Å². The summed E-state index contributed by atoms with van der Waals surface area (Å²) in [6.45, 7) is 12.6. The molecule has 0 saturated carbocycles. The summed E-state index contributed by atoms with van der Waals surface area (Å²) < 4.78 is 86.0. The molecule has 4 heterocycles. The summed E-state index contributed by atoms with van der Waals surface area (Å²) in [5, 5.41) is 22.6. The van der Waals surface area contributed by atoms with Crippen molar-refractivity contribution in [3.8, 4) is 0 Å². The van der Waals surface area contributed by atoms with Crippen molar-refractivity contribution >= 4 is 20.6 Å². The molecule has 0 aromatic heterocycles. The van der Waals surface area contributed by atoms with Gasteiger partial charge >= 0.3 is 20.6 Å². The third kappa shape index (κ3) is 18.3. The molecule has 1 N–H and O–H groups in total. The van der Waals surface area contributed by atoms with E-state index in [0.717, 1.165) is 34.9 Å². The van der Waals surface area contributed by atoms with E-state index in [2.05, 4.69) is 30.1 Å². The Morgan fingerprint density at radius 1 is 0.558 bits per heavy atom. The topological polar surface area (TPSA) is 324 Å². The van der Waals surface area contributed by atoms with Crippen LogP contribution in [0.25, 0.3) is 31.3 Å². The molecule has 5 aromatic carbocycles. The number of fused-ring (bicyclic) bond motifs is 1. The fourth-order valence-corrected chi connectivity index (χ4v) is 17.7. The van der Waals surface area contributed by atoms with Crippen molar-refractivity contribution in [2.75, 3.05) is 33.5 Å². The molecule has 26 nitrogen and oxygen atoms in total. The van der Waals surface area contributed by atoms with Crippen LogP contribution in [0.15, 0.2) is 167 Å². The van der Waals surface area contributed by atoms with Crippen molar-refractivity contribution in [3.63, 3.8) is 0 Å². The van der Waals surface area contributed by atoms with E-state index in [1.807, 2.05) is 193 Å². The fourth-order valence-electron chi connectivity index (χ4n) is 12.7. The number of unbranched alkanes of at least 4 members (excludes halogenated alkanes) is 2. The smallest absolute Gasteiger partial charge is 0.410 e. The van der Waals surface area contributed by atoms with Gasteiger partial charge in [-0.25, -0.2) is 9.59 Å². The van der Waals surface area contributed by atoms with E-state index in [1.165, 1.54) is 0 Å². The molecular formula is C68H86N10O16Si. The number of amides is 1. The lowest BCUT2D eigenvalue weighted by Gasteiger charge is -2.58. The van der Waals surface area contributed by atoms with Gasteiger partial charge in [0.15, 0.2) is 25.0 Å². The van der Waals surface area contributed by atoms with Gasteiger partial charge in [-0.15, -0.1) is 0 Å². The zero-order chi connectivity index (χ0) is 67.4. The van der Waals surface area contributed by atoms with Crippen LogP contribution in [0.1, 0.15) is 88.6 Å². The van der Waals surface area contributed by atoms with Gasteiger partial charge in [0.05, 0.1) is 52.2 Å². The number of azide groups is 3. The van der Waals surface area contributed by atoms with Crippen LogP contribution in [0.5, 0.6) is 0 Å². The standard InChI is InChI=1S/C68H86N10O16Si/c1-67(2,3)95(68(4,5)6)88-44-51-56(94-95)58(54(74-77-71)63(90-51)83-37-25-13-24-36-78(38-45-26-14-8-15-27-45)66(81)87-43-49-34-22-12-23-35-49)91-64-53(73-76-70)52(72-75-69)57(60(93-64)62(80)82-7)92-65-61(86-42-48-32-20-11-21-33-48)59(85-41-47-30-18-10-19-31-47)55(50(39-79)89-65)84-40-46-28-16-9-17-29-46/h8-12,14-23,26-35,50-61,63-65,79H,13,24-25,36-44H2,1-7H3/t50-,51-,52-,53+,54-,55-,56-,57+,58-,59+,60+,61-,63+,64-,65-/m1/s1. The molecule has 27 heteroatoms. The molecule has 1 amide bonds. The average Bonchev–Trinajstić information content (AvgIpc) is 0.729. The fraction of sp³-hybridized carbons (Fsp3) is 0.529. The molecule has 0 bridgehead atoms. The SMILES string of the molecule is COC(=O)[C@H]1O[C@@H](O[C@@H]2[C@@H](N=[N+]=[N-])[C@@H](OCCCCCN(Cc3ccccc3)C(=O)OCc3ccccc3)O[C@@H]3CO[Si](C(C)(C)C)(C(C)(C)C)O[C@@H]23)[C@@H](N=[N+]=[N-])[C@@H](N=[N+]=[N-])[C@@H]1O[C@H]1O[C@H](CO)[C@@H](OCc2ccccc2)[C@H](OCc2ccccc2)[C@H]1OCc1ccccc1. The zero-order valence-corrected chi connectivity index (χ0v) is 55.6. The molecular weight excluding hydrogens is 1240 g/mol. The molecule has 0 spiro atoms. The largest absolute Gasteiger partial charge is 0.467 e. The summed E-state index contributed by atoms with van der Waals surface area (Å²) >= 11 is 0. The number of rotatable bonds is 29. The highest BCUT2D eigenvalue weighted by Crippen LogP contribution is 2.56. The minimum atomic E-state index is -3.44. The van der Waals surface area contributed by atoms with Crippen molar-refractivity contribution in [3.05, 3.63) is 211 Å². The van der Waals surface area contributed by atoms with Crippen LogP contribution in [-0.4, -0.2) is 156 Å². The Kier molecular flexibility index (Phi) is 26.0. The third-order valence-electron chi connectivity index (χ3n) is 17.1. The first-order valence-electron chi connectivity index (χ1n) is 32.0. The number of hydrogen-bond acceptors (Lipinski definition) is 19. The van der Waals surface area contributed by atoms with Crippen molar-refractivity contribution < 1.29 is 75.7 Å². The number of carbonyl (C=O) groups excluding carboxylic acids is 2. The van der Waals surface area contributed by atoms with Crippen LogP contribution in [-0.2, 0) is 98.7 Å². The van der Waals surface area contributed by atoms with Gasteiger partial charge in [0.2, 0.25) is 0 Å². The Balaban J connectivity index is 1.01. The summed E-state index contributed by atoms with van der Waals surface area (Å²) in [5.74, 6) is -1.03. The maximum atomic E-state index is 14.5. The Morgan fingerprint density at radius 2 is 1.05 bits per heavy atom. The number of carbonyl (C=O) groups is 2. The third-order valence-corrected chi connectivity index (χ3v) is 22.2. The summed E-state index contributed by atoms with van der Waals surface area (Å²) in [5.41, 5.74) is 35.6. The van der Waals surface area contributed by atoms with E-state index >= 15 is 0 Å². The normalized spacial score (nSPS) is 27.3. The molecule has 0 radical (unpaired) electrons. The Labute approximate surface area is 554 Å². The van der Waals surface area contributed by atoms with E-state index in [0.29, 0.717) is 32.4 Å². The first-order valence-corrected chi connectivity index (χ1v) is 33.8. The van der Waals surface area contributed by atoms with E-state index < -0.39 is 129 Å². The minimum Gasteiger partial charge on any atom is -0.467 e. The van der Waals surface area contributed by atoms with Gasteiger partial charge in [-0.2, -0.15) is 0 Å². The van der Waals surface area contributed by atoms with Crippen molar-refractivity contribution in [1.29, 1.82) is 0 Å². The highest BCUT2D eigenvalue weighted by molar-refractivity contribution is 6.73. The van der Waals surface area contributed by atoms with Gasteiger partial charge in [0.25, 0.3) is 0 Å². The van der Waals surface area contributed by atoms with Crippen LogP contribution < -0.4 is 0 Å². The van der Waals surface area contributed by atoms with E-state index in [-0.39, 0.29) is 39.6 Å². The Hall–Kier alpha value is -7.49. The molecule has 0 unspecified atom stereocenters. The van der Waals surface area contributed by atoms with Crippen molar-refractivity contribution in [2.45, 2.75) is 196 Å². The Bertz CT molecular complexity index is 3330. The molecule has 508 valence electrons. The van der Waals surface area contributed by atoms with Gasteiger partial charge in [0.1, 0.15) is 61.5 Å². The maximum Gasteiger partial charge on any atom is 0.410 e. The summed E-state index contributed by atoms with van der Waals surface area (Å²) in [6, 6.07) is 42.5. The van der Waals surface area contributed by atoms with Crippen molar-refractivity contribution in [1.82, 2.24) is 4.90 Å². The molecule has 0 aliphatic carbocycles. The van der Waals surface area contributed by atoms with Crippen LogP contribution in [0, 0.1) is 0 Å². The van der Waals surface area contributed by atoms with Crippen molar-refractivity contribution in [2.24, 2.45) is 15.3 Å². The van der Waals surface area contributed by atoms with Gasteiger partial charge in [-0.1, -0.05) is 209 Å². The highest BCUT2D eigenvalue weighted by atomic mass is 28.4. The number of ether oxygens (including phenoxy) is 11. The molecule has 15 atom stereocenters. The number of esters is 1. The lowest BCUT2D eigenvalue weighted by molar-refractivity contribution is -0.356. The van der Waals surface area contributed by atoms with Crippen LogP contribution >= 0.6 is 0 Å². The predicted octanol–water partition coefficient (Wildman–Crippen LogP) is 12.4. The van der Waals surface area contributed by atoms with Crippen LogP contribution in [0.2, 0.25) is 10.1 Å². The van der Waals surface area contributed by atoms with Crippen LogP contribution in [0.4, 0.5) is 4.79 Å². The molecule has 5 aromatic rings. The second-order valence-electron chi connectivity index (χ2n) is 25.7. The monoisotopic (exact) mass is 1330 g/mol. The minimum absolute atomic E-state index is 0.00293. The lowest BCUT2D eigenvalue weighted by atomic mass is 9.93. The number of hydrogen-bond donors (Lipinski definition) is 1. The van der Waals surface area contributed by atoms with E-state index in [9.17, 15) is 31.3 Å².